The van der Waals surface area contributed by atoms with Gasteiger partial charge in [0.05, 0.1) is 5.69 Å². The fourth-order valence-electron chi connectivity index (χ4n) is 5.01. The van der Waals surface area contributed by atoms with E-state index in [9.17, 15) is 8.78 Å². The molecule has 0 unspecified atom stereocenters. The molecule has 0 spiro atoms. The van der Waals surface area contributed by atoms with Gasteiger partial charge in [-0.25, -0.2) is 14.3 Å². The number of nitrogens with zero attached hydrogens (tertiary/aromatic N) is 2. The van der Waals surface area contributed by atoms with E-state index in [0.29, 0.717) is 38.8 Å². The third-order valence-electron chi connectivity index (χ3n) is 6.83. The first-order chi connectivity index (χ1) is 19.1. The van der Waals surface area contributed by atoms with E-state index in [4.69, 9.17) is 9.97 Å². The quantitative estimate of drug-likeness (QED) is 0.135. The minimum atomic E-state index is -0.428. The number of aromatic nitrogens is 2. The van der Waals surface area contributed by atoms with Crippen LogP contribution in [0.4, 0.5) is 8.78 Å². The van der Waals surface area contributed by atoms with Gasteiger partial charge in [0.25, 0.3) is 0 Å². The summed E-state index contributed by atoms with van der Waals surface area (Å²) in [6.07, 6.45) is 0. The second-order valence-corrected chi connectivity index (χ2v) is 9.37. The second kappa shape index (κ2) is 10.7. The van der Waals surface area contributed by atoms with Gasteiger partial charge in [0.15, 0.2) is 0 Å². The molecule has 2 nitrogen and oxygen atoms in total. The van der Waals surface area contributed by atoms with Crippen molar-refractivity contribution in [1.29, 1.82) is 0 Å². The topological polar surface area (TPSA) is 27.0 Å². The first-order valence-electron chi connectivity index (χ1n) is 12.6. The van der Waals surface area contributed by atoms with Crippen molar-refractivity contribution in [3.8, 4) is 44.8 Å². The third kappa shape index (κ3) is 4.78. The van der Waals surface area contributed by atoms with Crippen LogP contribution in [0.3, 0.4) is 0 Å². The van der Waals surface area contributed by atoms with Gasteiger partial charge in [0.2, 0.25) is 0 Å². The van der Waals surface area contributed by atoms with E-state index in [1.54, 1.807) is 6.07 Å². The van der Waals surface area contributed by atoms with Crippen molar-refractivity contribution >= 4 is 21.8 Å². The zero-order chi connectivity index (χ0) is 26.3. The van der Waals surface area contributed by atoms with Crippen molar-refractivity contribution < 1.29 is 31.2 Å². The number of benzene rings is 5. The van der Waals surface area contributed by atoms with Crippen LogP contribution in [0.2, 0.25) is 0 Å². The largest absolute Gasteiger partial charge is 3.00 e. The summed E-state index contributed by atoms with van der Waals surface area (Å²) in [7, 11) is 0. The van der Waals surface area contributed by atoms with Crippen molar-refractivity contribution in [3.05, 3.63) is 139 Å². The van der Waals surface area contributed by atoms with E-state index >= 15 is 0 Å². The fraction of sp³-hybridized carbons (Fsp3) is 0. The molecule has 7 rings (SSSR count). The average molecular weight is 703 g/mol. The Morgan fingerprint density at radius 3 is 2.20 bits per heavy atom. The predicted octanol–water partition coefficient (Wildman–Crippen LogP) is 8.89. The fourth-order valence-corrected chi connectivity index (χ4v) is 5.01. The van der Waals surface area contributed by atoms with Gasteiger partial charge in [0, 0.05) is 5.69 Å². The molecule has 0 N–H and O–H groups in total. The maximum atomic E-state index is 14.8. The molecule has 5 aromatic carbocycles. The van der Waals surface area contributed by atoms with E-state index in [0.717, 1.165) is 27.8 Å². The molecule has 0 aliphatic heterocycles. The zero-order valence-corrected chi connectivity index (χ0v) is 23.1. The monoisotopic (exact) mass is 702 g/mol. The van der Waals surface area contributed by atoms with Crippen LogP contribution in [0.5, 0.6) is 0 Å². The molecule has 0 aliphatic rings. The van der Waals surface area contributed by atoms with Crippen LogP contribution in [0, 0.1) is 23.8 Å². The molecule has 5 heteroatoms. The van der Waals surface area contributed by atoms with Crippen molar-refractivity contribution in [3.63, 3.8) is 0 Å². The normalized spacial score (nSPS) is 11.1. The van der Waals surface area contributed by atoms with Gasteiger partial charge in [-0.3, -0.25) is 4.98 Å². The molecule has 194 valence electrons. The number of halogens is 2. The molecule has 0 radical (unpaired) electrons. The minimum Gasteiger partial charge on any atom is -0.656 e. The second-order valence-electron chi connectivity index (χ2n) is 9.37. The molecule has 0 saturated heterocycles. The van der Waals surface area contributed by atoms with Crippen LogP contribution < -0.4 is 4.98 Å². The summed E-state index contributed by atoms with van der Waals surface area (Å²) in [4.78, 5) is 9.64. The van der Waals surface area contributed by atoms with Crippen molar-refractivity contribution in [1.82, 2.24) is 9.97 Å². The average Bonchev–Trinajstić information content (AvgIpc) is 3.35. The van der Waals surface area contributed by atoms with Gasteiger partial charge in [-0.1, -0.05) is 54.1 Å². The van der Waals surface area contributed by atoms with Gasteiger partial charge in [-0.15, -0.1) is 28.7 Å². The number of pyridine rings is 1. The summed E-state index contributed by atoms with van der Waals surface area (Å²) < 4.78 is 28.8. The summed E-state index contributed by atoms with van der Waals surface area (Å²) in [5.74, 6) is -0.814. The Morgan fingerprint density at radius 2 is 1.38 bits per heavy atom. The van der Waals surface area contributed by atoms with Gasteiger partial charge in [-0.2, -0.15) is 42.0 Å². The van der Waals surface area contributed by atoms with Gasteiger partial charge >= 0.3 is 22.4 Å². The van der Waals surface area contributed by atoms with Gasteiger partial charge in [-0.05, 0) is 52.2 Å². The first-order valence-corrected chi connectivity index (χ1v) is 12.6. The number of rotatable bonds is 4. The van der Waals surface area contributed by atoms with E-state index in [2.05, 4.69) is 36.4 Å². The van der Waals surface area contributed by atoms with E-state index in [-0.39, 0.29) is 28.2 Å². The molecule has 0 bridgehead atoms. The van der Waals surface area contributed by atoms with E-state index in [1.165, 1.54) is 24.3 Å². The van der Waals surface area contributed by atoms with Crippen molar-refractivity contribution in [2.45, 2.75) is 0 Å². The zero-order valence-electron chi connectivity index (χ0n) is 20.9. The summed E-state index contributed by atoms with van der Waals surface area (Å²) in [5.41, 5.74) is 7.77. The summed E-state index contributed by atoms with van der Waals surface area (Å²) in [6.45, 7) is 0. The van der Waals surface area contributed by atoms with E-state index in [1.807, 2.05) is 60.7 Å². The molecule has 0 saturated carbocycles. The molecule has 2 heterocycles. The Labute approximate surface area is 245 Å². The molecule has 0 fully saturated rings. The maximum Gasteiger partial charge on any atom is 3.00 e. The van der Waals surface area contributed by atoms with Crippen LogP contribution in [-0.2, 0) is 22.4 Å². The number of fused-ring (bicyclic) bond motifs is 3. The summed E-state index contributed by atoms with van der Waals surface area (Å²) in [6, 6.07) is 41.8. The van der Waals surface area contributed by atoms with Crippen LogP contribution in [-0.4, -0.2) is 4.98 Å². The third-order valence-corrected chi connectivity index (χ3v) is 6.83. The molecule has 0 amide bonds. The van der Waals surface area contributed by atoms with E-state index < -0.39 is 5.82 Å². The number of hydrogen-bond donors (Lipinski definition) is 0. The Balaban J connectivity index is 0.00000289. The van der Waals surface area contributed by atoms with Gasteiger partial charge < -0.3 is 4.98 Å². The van der Waals surface area contributed by atoms with Crippen LogP contribution in [0.25, 0.3) is 66.6 Å². The van der Waals surface area contributed by atoms with Crippen molar-refractivity contribution in [2.75, 3.05) is 0 Å². The summed E-state index contributed by atoms with van der Waals surface area (Å²) >= 11 is 0. The Kier molecular flexibility index (Phi) is 6.91. The van der Waals surface area contributed by atoms with Crippen LogP contribution >= 0.6 is 0 Å². The van der Waals surface area contributed by atoms with Crippen LogP contribution in [0.15, 0.2) is 115 Å². The molecule has 40 heavy (non-hydrogen) atoms. The Morgan fingerprint density at radius 1 is 0.600 bits per heavy atom. The molecule has 0 atom stereocenters. The molecular weight excluding hydrogens is 683 g/mol. The number of hydrogen-bond acceptors (Lipinski definition) is 1. The van der Waals surface area contributed by atoms with Gasteiger partial charge in [0.1, 0.15) is 11.6 Å². The smallest absolute Gasteiger partial charge is 0.656 e. The van der Waals surface area contributed by atoms with Crippen molar-refractivity contribution in [2.24, 2.45) is 0 Å². The molecule has 7 aromatic rings. The molecule has 2 aromatic heterocycles. The van der Waals surface area contributed by atoms with Crippen LogP contribution in [0.1, 0.15) is 0 Å². The SMILES string of the molecule is Fc1ccc2[n-]c3c(-c4cccc(-c5[c-]c(-c6[c-]cccc6)cc(-c6ccccc6)c5)n4)cc(F)cc3c2c1.[Au+3]. The predicted molar refractivity (Wildman–Crippen MR) is 152 cm³/mol. The minimum absolute atomic E-state index is 0. The first kappa shape index (κ1) is 25.9. The standard InChI is InChI=1S/C35H19F2N2.Au/c36-27-14-15-34-29(19-27)30-20-28(37)21-31(35(30)39-34)33-13-7-12-32(38-33)26-17-24(22-8-3-1-4-9-22)16-25(18-26)23-10-5-2-6-11-23;/h1-10,12-17,19-21H;/q-3;+3. The molecule has 0 aliphatic carbocycles. The summed E-state index contributed by atoms with van der Waals surface area (Å²) in [5, 5.41) is 1.14. The maximum absolute atomic E-state index is 14.8. The Bertz CT molecular complexity index is 1930. The molecular formula is C35H19AuF2N2. The Hall–Kier alpha value is -4.35.